The van der Waals surface area contributed by atoms with Crippen molar-refractivity contribution in [2.45, 2.75) is 53.0 Å². The Morgan fingerprint density at radius 1 is 1.00 bits per heavy atom. The third kappa shape index (κ3) is 3.38. The van der Waals surface area contributed by atoms with Crippen molar-refractivity contribution in [3.05, 3.63) is 56.3 Å². The lowest BCUT2D eigenvalue weighted by molar-refractivity contribution is 0.686. The van der Waals surface area contributed by atoms with Crippen molar-refractivity contribution in [1.29, 1.82) is 0 Å². The second-order valence-corrected chi connectivity index (χ2v) is 6.88. The van der Waals surface area contributed by atoms with Gasteiger partial charge in [0.05, 0.1) is 6.04 Å². The van der Waals surface area contributed by atoms with E-state index in [-0.39, 0.29) is 0 Å². The normalized spacial score (nSPS) is 12.6. The third-order valence-corrected chi connectivity index (χ3v) is 5.27. The summed E-state index contributed by atoms with van der Waals surface area (Å²) in [5.41, 5.74) is 5.96. The second kappa shape index (κ2) is 7.24. The average Bonchev–Trinajstić information content (AvgIpc) is 2.94. The maximum atomic E-state index is 3.55. The highest BCUT2D eigenvalue weighted by Gasteiger charge is 2.20. The lowest BCUT2D eigenvalue weighted by atomic mass is 9.88. The van der Waals surface area contributed by atoms with Crippen LogP contribution in [0.3, 0.4) is 0 Å². The Morgan fingerprint density at radius 2 is 1.62 bits per heavy atom. The van der Waals surface area contributed by atoms with Crippen molar-refractivity contribution in [3.63, 3.8) is 0 Å². The summed E-state index contributed by atoms with van der Waals surface area (Å²) in [4.78, 5) is 2.80. The fraction of sp³-hybridized carbons (Fsp3) is 0.474. The first-order valence-corrected chi connectivity index (χ1v) is 8.84. The number of aryl methyl sites for hydroxylation is 4. The second-order valence-electron chi connectivity index (χ2n) is 5.56. The van der Waals surface area contributed by atoms with E-state index in [1.165, 1.54) is 32.0 Å². The third-order valence-electron chi connectivity index (χ3n) is 4.20. The summed E-state index contributed by atoms with van der Waals surface area (Å²) in [6.07, 6.45) is 3.31. The smallest absolute Gasteiger partial charge is 0.0674 e. The van der Waals surface area contributed by atoms with Crippen LogP contribution in [0.2, 0.25) is 0 Å². The molecular formula is C19H27NS. The van der Waals surface area contributed by atoms with E-state index in [1.54, 1.807) is 0 Å². The summed E-state index contributed by atoms with van der Waals surface area (Å²) in [5, 5.41) is 3.55. The van der Waals surface area contributed by atoms with E-state index in [1.807, 2.05) is 11.3 Å². The molecular weight excluding hydrogens is 274 g/mol. The van der Waals surface area contributed by atoms with E-state index < -0.39 is 0 Å². The molecule has 0 saturated heterocycles. The van der Waals surface area contributed by atoms with E-state index in [4.69, 9.17) is 0 Å². The molecule has 1 nitrogen and oxygen atoms in total. The molecule has 0 bridgehead atoms. The molecule has 2 rings (SSSR count). The SMILES string of the molecule is CCc1cc(CC)c(C(NC)c2ccc(C)s2)c(CC)c1. The zero-order valence-electron chi connectivity index (χ0n) is 13.9. The fourth-order valence-corrected chi connectivity index (χ4v) is 4.05. The summed E-state index contributed by atoms with van der Waals surface area (Å²) in [6, 6.07) is 9.62. The fourth-order valence-electron chi connectivity index (χ4n) is 3.05. The van der Waals surface area contributed by atoms with E-state index in [0.717, 1.165) is 19.3 Å². The number of nitrogens with one attached hydrogen (secondary N) is 1. The van der Waals surface area contributed by atoms with Crippen molar-refractivity contribution < 1.29 is 0 Å². The minimum absolute atomic E-state index is 0.319. The first kappa shape index (κ1) is 16.3. The molecule has 2 aromatic rings. The summed E-state index contributed by atoms with van der Waals surface area (Å²) in [6.45, 7) is 8.96. The molecule has 114 valence electrons. The van der Waals surface area contributed by atoms with Gasteiger partial charge in [0.25, 0.3) is 0 Å². The first-order chi connectivity index (χ1) is 10.1. The van der Waals surface area contributed by atoms with Crippen LogP contribution in [0.5, 0.6) is 0 Å². The Balaban J connectivity index is 2.58. The quantitative estimate of drug-likeness (QED) is 0.787. The molecule has 0 aliphatic carbocycles. The van der Waals surface area contributed by atoms with Crippen molar-refractivity contribution in [2.24, 2.45) is 0 Å². The number of hydrogen-bond acceptors (Lipinski definition) is 2. The Morgan fingerprint density at radius 3 is 2.00 bits per heavy atom. The van der Waals surface area contributed by atoms with Crippen LogP contribution in [-0.4, -0.2) is 7.05 Å². The summed E-state index contributed by atoms with van der Waals surface area (Å²) >= 11 is 1.90. The minimum Gasteiger partial charge on any atom is -0.309 e. The lowest BCUT2D eigenvalue weighted by Crippen LogP contribution is -2.20. The zero-order chi connectivity index (χ0) is 15.4. The minimum atomic E-state index is 0.319. The number of benzene rings is 1. The molecule has 1 aromatic carbocycles. The molecule has 0 saturated carbocycles. The topological polar surface area (TPSA) is 12.0 Å². The zero-order valence-corrected chi connectivity index (χ0v) is 14.7. The van der Waals surface area contributed by atoms with Crippen LogP contribution in [0.1, 0.15) is 58.8 Å². The first-order valence-electron chi connectivity index (χ1n) is 8.02. The predicted molar refractivity (Wildman–Crippen MR) is 94.5 cm³/mol. The predicted octanol–water partition coefficient (Wildman–Crippen LogP) is 5.05. The number of hydrogen-bond donors (Lipinski definition) is 1. The van der Waals surface area contributed by atoms with Crippen molar-refractivity contribution in [2.75, 3.05) is 7.05 Å². The van der Waals surface area contributed by atoms with E-state index >= 15 is 0 Å². The van der Waals surface area contributed by atoms with Gasteiger partial charge in [-0.05, 0) is 67.6 Å². The van der Waals surface area contributed by atoms with Gasteiger partial charge in [0, 0.05) is 9.75 Å². The lowest BCUT2D eigenvalue weighted by Gasteiger charge is -2.23. The Bertz CT molecular complexity index is 572. The Hall–Kier alpha value is -1.12. The molecule has 0 amide bonds. The molecule has 1 aromatic heterocycles. The molecule has 1 atom stereocenters. The highest BCUT2D eigenvalue weighted by molar-refractivity contribution is 7.12. The van der Waals surface area contributed by atoms with Crippen LogP contribution in [0.4, 0.5) is 0 Å². The Labute approximate surface area is 133 Å². The van der Waals surface area contributed by atoms with Crippen LogP contribution < -0.4 is 5.32 Å². The van der Waals surface area contributed by atoms with Crippen molar-refractivity contribution in [3.8, 4) is 0 Å². The molecule has 1 N–H and O–H groups in total. The van der Waals surface area contributed by atoms with Crippen LogP contribution >= 0.6 is 11.3 Å². The van der Waals surface area contributed by atoms with Crippen LogP contribution in [0, 0.1) is 6.92 Å². The van der Waals surface area contributed by atoms with E-state index in [2.05, 4.69) is 64.3 Å². The van der Waals surface area contributed by atoms with Gasteiger partial charge in [0.2, 0.25) is 0 Å². The van der Waals surface area contributed by atoms with Gasteiger partial charge >= 0.3 is 0 Å². The van der Waals surface area contributed by atoms with Crippen LogP contribution in [0.15, 0.2) is 24.3 Å². The molecule has 0 aliphatic rings. The van der Waals surface area contributed by atoms with Crippen LogP contribution in [-0.2, 0) is 19.3 Å². The number of rotatable bonds is 6. The molecule has 21 heavy (non-hydrogen) atoms. The van der Waals surface area contributed by atoms with E-state index in [0.29, 0.717) is 6.04 Å². The van der Waals surface area contributed by atoms with Crippen LogP contribution in [0.25, 0.3) is 0 Å². The van der Waals surface area contributed by atoms with Gasteiger partial charge in [0.1, 0.15) is 0 Å². The van der Waals surface area contributed by atoms with Crippen molar-refractivity contribution in [1.82, 2.24) is 5.32 Å². The standard InChI is InChI=1S/C19H27NS/c1-6-14-11-15(7-2)18(16(8-3)12-14)19(20-5)17-10-9-13(4)21-17/h9-12,19-20H,6-8H2,1-5H3. The van der Waals surface area contributed by atoms with E-state index in [9.17, 15) is 0 Å². The Kier molecular flexibility index (Phi) is 5.60. The average molecular weight is 301 g/mol. The summed E-state index contributed by atoms with van der Waals surface area (Å²) in [7, 11) is 2.08. The molecule has 1 heterocycles. The monoisotopic (exact) mass is 301 g/mol. The molecule has 0 aliphatic heterocycles. The van der Waals surface area contributed by atoms with Gasteiger partial charge < -0.3 is 5.32 Å². The van der Waals surface area contributed by atoms with Gasteiger partial charge in [-0.1, -0.05) is 32.9 Å². The molecule has 1 unspecified atom stereocenters. The highest BCUT2D eigenvalue weighted by atomic mass is 32.1. The van der Waals surface area contributed by atoms with Gasteiger partial charge in [-0.2, -0.15) is 0 Å². The van der Waals surface area contributed by atoms with Crippen molar-refractivity contribution >= 4 is 11.3 Å². The molecule has 2 heteroatoms. The van der Waals surface area contributed by atoms with Gasteiger partial charge in [-0.3, -0.25) is 0 Å². The largest absolute Gasteiger partial charge is 0.309 e. The van der Waals surface area contributed by atoms with Gasteiger partial charge in [-0.25, -0.2) is 0 Å². The maximum Gasteiger partial charge on any atom is 0.0674 e. The highest BCUT2D eigenvalue weighted by Crippen LogP contribution is 2.33. The van der Waals surface area contributed by atoms with Gasteiger partial charge in [0.15, 0.2) is 0 Å². The molecule has 0 radical (unpaired) electrons. The summed E-state index contributed by atoms with van der Waals surface area (Å²) in [5.74, 6) is 0. The number of thiophene rings is 1. The molecule has 0 spiro atoms. The maximum absolute atomic E-state index is 3.55. The summed E-state index contributed by atoms with van der Waals surface area (Å²) < 4.78 is 0. The molecule has 0 fully saturated rings. The van der Waals surface area contributed by atoms with Gasteiger partial charge in [-0.15, -0.1) is 11.3 Å².